The van der Waals surface area contributed by atoms with E-state index in [1.165, 1.54) is 0 Å². The molecule has 1 aliphatic heterocycles. The lowest BCUT2D eigenvalue weighted by Crippen LogP contribution is -2.46. The maximum absolute atomic E-state index is 12.0. The average molecular weight is 329 g/mol. The van der Waals surface area contributed by atoms with E-state index in [0.717, 1.165) is 18.4 Å². The summed E-state index contributed by atoms with van der Waals surface area (Å²) in [6.45, 7) is 1.85. The van der Waals surface area contributed by atoms with Gasteiger partial charge < -0.3 is 4.90 Å². The van der Waals surface area contributed by atoms with Gasteiger partial charge in [-0.1, -0.05) is 0 Å². The number of carbonyl (C=O) groups is 1. The summed E-state index contributed by atoms with van der Waals surface area (Å²) < 4.78 is 27.1. The summed E-state index contributed by atoms with van der Waals surface area (Å²) in [4.78, 5) is 15.6. The molecule has 0 radical (unpaired) electrons. The van der Waals surface area contributed by atoms with E-state index in [1.807, 2.05) is 15.6 Å². The summed E-state index contributed by atoms with van der Waals surface area (Å²) in [6, 6.07) is 1.89. The third kappa shape index (κ3) is 4.52. The van der Waals surface area contributed by atoms with Crippen molar-refractivity contribution in [3.63, 3.8) is 0 Å². The molecule has 0 saturated heterocycles. The van der Waals surface area contributed by atoms with Crippen LogP contribution in [0.15, 0.2) is 12.3 Å². The Morgan fingerprint density at radius 3 is 2.86 bits per heavy atom. The highest BCUT2D eigenvalue weighted by Crippen LogP contribution is 2.17. The highest BCUT2D eigenvalue weighted by Gasteiger charge is 2.26. The van der Waals surface area contributed by atoms with E-state index in [9.17, 15) is 13.2 Å². The van der Waals surface area contributed by atoms with Crippen LogP contribution in [0.3, 0.4) is 0 Å². The zero-order valence-corrected chi connectivity index (χ0v) is 14.0. The minimum Gasteiger partial charge on any atom is -0.348 e. The van der Waals surface area contributed by atoms with Gasteiger partial charge in [0.05, 0.1) is 18.5 Å². The van der Waals surface area contributed by atoms with Crippen LogP contribution >= 0.6 is 0 Å². The molecule has 124 valence electrons. The van der Waals surface area contributed by atoms with E-state index < -0.39 is 10.0 Å². The van der Waals surface area contributed by atoms with Gasteiger partial charge in [-0.05, 0) is 12.5 Å². The van der Waals surface area contributed by atoms with Gasteiger partial charge >= 0.3 is 0 Å². The Morgan fingerprint density at radius 1 is 1.50 bits per heavy atom. The van der Waals surface area contributed by atoms with Gasteiger partial charge in [-0.25, -0.2) is 13.1 Å². The number of aromatic nitrogens is 2. The average Bonchev–Trinajstić information content (AvgIpc) is 2.77. The van der Waals surface area contributed by atoms with Crippen LogP contribution in [-0.4, -0.2) is 73.4 Å². The Labute approximate surface area is 131 Å². The molecule has 0 saturated carbocycles. The van der Waals surface area contributed by atoms with Crippen molar-refractivity contribution in [1.29, 1.82) is 0 Å². The van der Waals surface area contributed by atoms with Crippen LogP contribution in [0.1, 0.15) is 12.1 Å². The van der Waals surface area contributed by atoms with Gasteiger partial charge in [0.15, 0.2) is 0 Å². The molecule has 2 rings (SSSR count). The number of hydrogen-bond donors (Lipinski definition) is 1. The predicted octanol–water partition coefficient (Wildman–Crippen LogP) is -0.905. The molecule has 2 heterocycles. The van der Waals surface area contributed by atoms with Crippen LogP contribution in [0.4, 0.5) is 0 Å². The fraction of sp³-hybridized carbons (Fsp3) is 0.692. The van der Waals surface area contributed by atoms with E-state index >= 15 is 0 Å². The molecular weight excluding hydrogens is 306 g/mol. The molecule has 0 aliphatic carbocycles. The van der Waals surface area contributed by atoms with E-state index in [1.54, 1.807) is 25.2 Å². The van der Waals surface area contributed by atoms with E-state index in [4.69, 9.17) is 0 Å². The Morgan fingerprint density at radius 2 is 2.23 bits per heavy atom. The minimum atomic E-state index is -3.25. The van der Waals surface area contributed by atoms with Crippen molar-refractivity contribution in [3.8, 4) is 0 Å². The van der Waals surface area contributed by atoms with Gasteiger partial charge in [0.1, 0.15) is 0 Å². The van der Waals surface area contributed by atoms with Crippen LogP contribution in [0.5, 0.6) is 0 Å². The number of amides is 1. The molecule has 0 unspecified atom stereocenters. The van der Waals surface area contributed by atoms with Crippen molar-refractivity contribution in [2.75, 3.05) is 33.4 Å². The van der Waals surface area contributed by atoms with Gasteiger partial charge in [0, 0.05) is 46.0 Å². The summed E-state index contributed by atoms with van der Waals surface area (Å²) in [7, 11) is 0.181. The predicted molar refractivity (Wildman–Crippen MR) is 82.6 cm³/mol. The third-order valence-corrected chi connectivity index (χ3v) is 4.47. The number of nitrogens with one attached hydrogen (secondary N) is 1. The molecule has 1 atom stereocenters. The fourth-order valence-corrected chi connectivity index (χ4v) is 2.96. The molecule has 1 N–H and O–H groups in total. The lowest BCUT2D eigenvalue weighted by molar-refractivity contribution is -0.130. The van der Waals surface area contributed by atoms with Crippen molar-refractivity contribution in [2.24, 2.45) is 0 Å². The monoisotopic (exact) mass is 329 g/mol. The maximum atomic E-state index is 12.0. The summed E-state index contributed by atoms with van der Waals surface area (Å²) in [5.41, 5.74) is 1.04. The van der Waals surface area contributed by atoms with E-state index in [2.05, 4.69) is 9.82 Å². The first-order valence-corrected chi connectivity index (χ1v) is 9.05. The summed E-state index contributed by atoms with van der Waals surface area (Å²) in [6.07, 6.45) is 3.62. The zero-order chi connectivity index (χ0) is 16.3. The van der Waals surface area contributed by atoms with Gasteiger partial charge in [0.25, 0.3) is 0 Å². The Balaban J connectivity index is 2.14. The van der Waals surface area contributed by atoms with E-state index in [0.29, 0.717) is 19.6 Å². The zero-order valence-electron chi connectivity index (χ0n) is 13.2. The molecule has 1 aromatic heterocycles. The van der Waals surface area contributed by atoms with Crippen molar-refractivity contribution in [3.05, 3.63) is 18.0 Å². The second-order valence-electron chi connectivity index (χ2n) is 5.80. The van der Waals surface area contributed by atoms with Crippen LogP contribution < -0.4 is 4.72 Å². The van der Waals surface area contributed by atoms with Crippen LogP contribution in [0.2, 0.25) is 0 Å². The number of aryl methyl sites for hydroxylation is 1. The number of sulfonamides is 1. The number of carbonyl (C=O) groups excluding carboxylic acids is 1. The van der Waals surface area contributed by atoms with Crippen molar-refractivity contribution in [2.45, 2.75) is 25.6 Å². The standard InChI is InChI=1S/C13H23N5O3S/c1-16(2)13(19)10-17-9-12-4-6-14-18(12)7-5-11(17)8-15-22(3,20)21/h4,6,11,15H,5,7-10H2,1-3H3/t11-/m1/s1. The molecule has 0 aromatic carbocycles. The molecule has 1 amide bonds. The van der Waals surface area contributed by atoms with Crippen molar-refractivity contribution < 1.29 is 13.2 Å². The number of rotatable bonds is 5. The first-order chi connectivity index (χ1) is 10.3. The molecule has 8 nitrogen and oxygen atoms in total. The van der Waals surface area contributed by atoms with Gasteiger partial charge in [0.2, 0.25) is 15.9 Å². The Bertz CT molecular complexity index is 625. The topological polar surface area (TPSA) is 87.5 Å². The second-order valence-corrected chi connectivity index (χ2v) is 7.63. The number of likely N-dealkylation sites (N-methyl/N-ethyl adjacent to an activating group) is 1. The Kier molecular flexibility index (Phi) is 5.20. The van der Waals surface area contributed by atoms with Crippen LogP contribution in [-0.2, 0) is 27.9 Å². The molecular formula is C13H23N5O3S. The lowest BCUT2D eigenvalue weighted by atomic mass is 10.1. The molecule has 22 heavy (non-hydrogen) atoms. The van der Waals surface area contributed by atoms with Crippen molar-refractivity contribution in [1.82, 2.24) is 24.3 Å². The van der Waals surface area contributed by atoms with Crippen LogP contribution in [0.25, 0.3) is 0 Å². The van der Waals surface area contributed by atoms with Gasteiger partial charge in [-0.15, -0.1) is 0 Å². The molecule has 1 aromatic rings. The van der Waals surface area contributed by atoms with E-state index in [-0.39, 0.29) is 18.5 Å². The normalized spacial score (nSPS) is 19.5. The van der Waals surface area contributed by atoms with Gasteiger partial charge in [-0.3, -0.25) is 14.4 Å². The molecule has 0 fully saturated rings. The van der Waals surface area contributed by atoms with Crippen molar-refractivity contribution >= 4 is 15.9 Å². The fourth-order valence-electron chi connectivity index (χ4n) is 2.47. The largest absolute Gasteiger partial charge is 0.348 e. The molecule has 9 heteroatoms. The highest BCUT2D eigenvalue weighted by atomic mass is 32.2. The first kappa shape index (κ1) is 16.9. The highest BCUT2D eigenvalue weighted by molar-refractivity contribution is 7.88. The SMILES string of the molecule is CN(C)C(=O)CN1Cc2ccnn2CC[C@@H]1CNS(C)(=O)=O. The maximum Gasteiger partial charge on any atom is 0.236 e. The van der Waals surface area contributed by atoms with Gasteiger partial charge in [-0.2, -0.15) is 5.10 Å². The molecule has 0 bridgehead atoms. The number of fused-ring (bicyclic) bond motifs is 1. The first-order valence-electron chi connectivity index (χ1n) is 7.16. The number of nitrogens with zero attached hydrogens (tertiary/aromatic N) is 4. The number of hydrogen-bond acceptors (Lipinski definition) is 5. The van der Waals surface area contributed by atoms with Crippen LogP contribution in [0, 0.1) is 0 Å². The summed E-state index contributed by atoms with van der Waals surface area (Å²) in [5, 5.41) is 4.26. The molecule has 0 spiro atoms. The smallest absolute Gasteiger partial charge is 0.236 e. The quantitative estimate of drug-likeness (QED) is 0.756. The summed E-state index contributed by atoms with van der Waals surface area (Å²) in [5.74, 6) is -0.00248. The Hall–Kier alpha value is -1.45. The minimum absolute atomic E-state index is 0.00248. The molecule has 1 aliphatic rings. The third-order valence-electron chi connectivity index (χ3n) is 3.78. The summed E-state index contributed by atoms with van der Waals surface area (Å²) >= 11 is 0. The lowest BCUT2D eigenvalue weighted by Gasteiger charge is -2.29. The second kappa shape index (κ2) is 6.76.